The third-order valence-electron chi connectivity index (χ3n) is 3.60. The average Bonchev–Trinajstić information content (AvgIpc) is 2.45. The smallest absolute Gasteiger partial charge is 0.0160 e. The molecular weight excluding hydrogens is 180 g/mol. The Balaban J connectivity index is 1.97. The molecule has 0 heterocycles. The Hall–Kier alpha value is -0.780. The van der Waals surface area contributed by atoms with Gasteiger partial charge in [0.25, 0.3) is 0 Å². The Labute approximate surface area is 93.8 Å². The zero-order valence-corrected chi connectivity index (χ0v) is 9.62. The largest absolute Gasteiger partial charge is 0.0807 e. The van der Waals surface area contributed by atoms with Crippen molar-refractivity contribution in [3.8, 4) is 0 Å². The Bertz CT molecular complexity index is 260. The fourth-order valence-corrected chi connectivity index (χ4v) is 2.69. The molecule has 0 bridgehead atoms. The summed E-state index contributed by atoms with van der Waals surface area (Å²) in [7, 11) is 0. The van der Waals surface area contributed by atoms with Crippen LogP contribution in [0.4, 0.5) is 0 Å². The van der Waals surface area contributed by atoms with Crippen molar-refractivity contribution >= 4 is 0 Å². The third kappa shape index (κ3) is 3.37. The van der Waals surface area contributed by atoms with Crippen LogP contribution in [0.1, 0.15) is 51.4 Å². The molecule has 2 aliphatic carbocycles. The first-order valence-corrected chi connectivity index (χ1v) is 6.50. The summed E-state index contributed by atoms with van der Waals surface area (Å²) in [6.45, 7) is 0. The van der Waals surface area contributed by atoms with Crippen molar-refractivity contribution in [1.29, 1.82) is 0 Å². The van der Waals surface area contributed by atoms with Gasteiger partial charge in [-0.15, -0.1) is 0 Å². The van der Waals surface area contributed by atoms with E-state index in [0.29, 0.717) is 0 Å². The molecule has 0 nitrogen and oxygen atoms in total. The van der Waals surface area contributed by atoms with Crippen LogP contribution < -0.4 is 0 Å². The fourth-order valence-electron chi connectivity index (χ4n) is 2.69. The van der Waals surface area contributed by atoms with Gasteiger partial charge in [0, 0.05) is 0 Å². The van der Waals surface area contributed by atoms with Crippen LogP contribution >= 0.6 is 0 Å². The van der Waals surface area contributed by atoms with E-state index >= 15 is 0 Å². The van der Waals surface area contributed by atoms with Gasteiger partial charge in [-0.3, -0.25) is 0 Å². The van der Waals surface area contributed by atoms with Crippen molar-refractivity contribution < 1.29 is 0 Å². The second kappa shape index (κ2) is 5.95. The van der Waals surface area contributed by atoms with E-state index in [0.717, 1.165) is 12.3 Å². The highest BCUT2D eigenvalue weighted by molar-refractivity contribution is 5.28. The van der Waals surface area contributed by atoms with Crippen molar-refractivity contribution in [2.24, 2.45) is 5.92 Å². The summed E-state index contributed by atoms with van der Waals surface area (Å²) in [5, 5.41) is 0. The molecule has 15 heavy (non-hydrogen) atoms. The first kappa shape index (κ1) is 10.7. The predicted octanol–water partition coefficient (Wildman–Crippen LogP) is 4.79. The Kier molecular flexibility index (Phi) is 4.25. The van der Waals surface area contributed by atoms with E-state index < -0.39 is 0 Å². The summed E-state index contributed by atoms with van der Waals surface area (Å²) in [5.74, 6) is 0.849. The summed E-state index contributed by atoms with van der Waals surface area (Å²) in [5.41, 5.74) is 1.60. The van der Waals surface area contributed by atoms with E-state index in [1.54, 1.807) is 5.57 Å². The van der Waals surface area contributed by atoms with Crippen molar-refractivity contribution in [3.05, 3.63) is 36.0 Å². The minimum Gasteiger partial charge on any atom is -0.0807 e. The van der Waals surface area contributed by atoms with E-state index in [1.165, 1.54) is 44.9 Å². The Morgan fingerprint density at radius 2 is 1.60 bits per heavy atom. The van der Waals surface area contributed by atoms with E-state index in [9.17, 15) is 0 Å². The molecule has 1 fully saturated rings. The normalized spacial score (nSPS) is 24.1. The number of hydrogen-bond donors (Lipinski definition) is 0. The van der Waals surface area contributed by atoms with Crippen molar-refractivity contribution in [2.75, 3.05) is 0 Å². The topological polar surface area (TPSA) is 0 Å². The molecule has 0 aromatic heterocycles. The van der Waals surface area contributed by atoms with Crippen LogP contribution in [0.5, 0.6) is 0 Å². The zero-order valence-electron chi connectivity index (χ0n) is 9.62. The van der Waals surface area contributed by atoms with Gasteiger partial charge in [-0.2, -0.15) is 0 Å². The molecule has 0 atom stereocenters. The van der Waals surface area contributed by atoms with E-state index in [2.05, 4.69) is 30.4 Å². The van der Waals surface area contributed by atoms with Gasteiger partial charge < -0.3 is 0 Å². The highest BCUT2D eigenvalue weighted by Gasteiger charge is 2.13. The lowest BCUT2D eigenvalue weighted by atomic mass is 9.85. The Morgan fingerprint density at radius 3 is 2.40 bits per heavy atom. The SMILES string of the molecule is C1=CCC=C(C2CCCCCCC2)C=C1. The van der Waals surface area contributed by atoms with E-state index in [-0.39, 0.29) is 0 Å². The van der Waals surface area contributed by atoms with Crippen molar-refractivity contribution in [2.45, 2.75) is 51.4 Å². The third-order valence-corrected chi connectivity index (χ3v) is 3.60. The molecule has 0 spiro atoms. The molecule has 0 radical (unpaired) electrons. The molecule has 2 rings (SSSR count). The number of rotatable bonds is 1. The minimum atomic E-state index is 0.849. The summed E-state index contributed by atoms with van der Waals surface area (Å²) in [4.78, 5) is 0. The quantitative estimate of drug-likeness (QED) is 0.573. The molecule has 0 heteroatoms. The predicted molar refractivity (Wildman–Crippen MR) is 66.8 cm³/mol. The van der Waals surface area contributed by atoms with Gasteiger partial charge in [-0.05, 0) is 30.8 Å². The second-order valence-corrected chi connectivity index (χ2v) is 4.77. The van der Waals surface area contributed by atoms with Gasteiger partial charge >= 0.3 is 0 Å². The van der Waals surface area contributed by atoms with Crippen LogP contribution in [-0.4, -0.2) is 0 Å². The van der Waals surface area contributed by atoms with Crippen LogP contribution in [0.2, 0.25) is 0 Å². The second-order valence-electron chi connectivity index (χ2n) is 4.77. The molecule has 0 saturated heterocycles. The monoisotopic (exact) mass is 202 g/mol. The van der Waals surface area contributed by atoms with Gasteiger partial charge in [-0.1, -0.05) is 62.5 Å². The maximum absolute atomic E-state index is 2.42. The number of allylic oxidation sites excluding steroid dienone is 6. The van der Waals surface area contributed by atoms with E-state index in [1.807, 2.05) is 0 Å². The van der Waals surface area contributed by atoms with Gasteiger partial charge in [0.15, 0.2) is 0 Å². The lowest BCUT2D eigenvalue weighted by Gasteiger charge is -2.20. The maximum atomic E-state index is 2.42. The lowest BCUT2D eigenvalue weighted by Crippen LogP contribution is -2.05. The summed E-state index contributed by atoms with van der Waals surface area (Å²) in [6, 6.07) is 0. The standard InChI is InChI=1S/C15H22/c1-2-6-10-14(11-7-3-1)15-12-8-4-5-9-13-15/h4-5,8,12-14H,1-3,6-7,9-11H2. The van der Waals surface area contributed by atoms with Crippen molar-refractivity contribution in [1.82, 2.24) is 0 Å². The average molecular weight is 202 g/mol. The van der Waals surface area contributed by atoms with Gasteiger partial charge in [0.1, 0.15) is 0 Å². The summed E-state index contributed by atoms with van der Waals surface area (Å²) < 4.78 is 0. The molecular formula is C15H22. The fraction of sp³-hybridized carbons (Fsp3) is 0.600. The molecule has 0 N–H and O–H groups in total. The van der Waals surface area contributed by atoms with Gasteiger partial charge in [0.05, 0.1) is 0 Å². The summed E-state index contributed by atoms with van der Waals surface area (Å²) >= 11 is 0. The molecule has 82 valence electrons. The van der Waals surface area contributed by atoms with Crippen LogP contribution in [0.15, 0.2) is 36.0 Å². The van der Waals surface area contributed by atoms with Crippen LogP contribution in [0, 0.1) is 5.92 Å². The molecule has 0 aliphatic heterocycles. The van der Waals surface area contributed by atoms with Gasteiger partial charge in [0.2, 0.25) is 0 Å². The van der Waals surface area contributed by atoms with Crippen LogP contribution in [0.3, 0.4) is 0 Å². The highest BCUT2D eigenvalue weighted by Crippen LogP contribution is 2.29. The lowest BCUT2D eigenvalue weighted by molar-refractivity contribution is 0.424. The summed E-state index contributed by atoms with van der Waals surface area (Å²) in [6.07, 6.45) is 22.6. The van der Waals surface area contributed by atoms with Crippen LogP contribution in [-0.2, 0) is 0 Å². The minimum absolute atomic E-state index is 0.849. The Morgan fingerprint density at radius 1 is 0.867 bits per heavy atom. The first-order valence-electron chi connectivity index (χ1n) is 6.50. The number of hydrogen-bond acceptors (Lipinski definition) is 0. The van der Waals surface area contributed by atoms with Crippen molar-refractivity contribution in [3.63, 3.8) is 0 Å². The van der Waals surface area contributed by atoms with E-state index in [4.69, 9.17) is 0 Å². The molecule has 0 aromatic carbocycles. The molecule has 0 unspecified atom stereocenters. The molecule has 1 saturated carbocycles. The maximum Gasteiger partial charge on any atom is -0.0160 e. The first-order chi connectivity index (χ1) is 7.47. The molecule has 0 aromatic rings. The van der Waals surface area contributed by atoms with Gasteiger partial charge in [-0.25, -0.2) is 0 Å². The highest BCUT2D eigenvalue weighted by atomic mass is 14.2. The zero-order chi connectivity index (χ0) is 10.3. The molecule has 2 aliphatic rings. The molecule has 0 amide bonds. The van der Waals surface area contributed by atoms with Crippen LogP contribution in [0.25, 0.3) is 0 Å².